The van der Waals surface area contributed by atoms with E-state index in [2.05, 4.69) is 0 Å². The van der Waals surface area contributed by atoms with Crippen LogP contribution in [0.1, 0.15) is 15.9 Å². The quantitative estimate of drug-likeness (QED) is 0.789. The maximum Gasteiger partial charge on any atom is 0.299 e. The molecule has 0 radical (unpaired) electrons. The molecule has 100 valence electrons. The molecule has 0 spiro atoms. The van der Waals surface area contributed by atoms with Gasteiger partial charge in [0, 0.05) is 5.56 Å². The molecule has 2 aromatic carbocycles. The third-order valence-electron chi connectivity index (χ3n) is 3.22. The van der Waals surface area contributed by atoms with Gasteiger partial charge in [0.15, 0.2) is 0 Å². The summed E-state index contributed by atoms with van der Waals surface area (Å²) >= 11 is 0. The van der Waals surface area contributed by atoms with Crippen LogP contribution in [0.15, 0.2) is 42.5 Å². The number of anilines is 1. The molecule has 0 aromatic heterocycles. The predicted octanol–water partition coefficient (Wildman–Crippen LogP) is 2.69. The Balaban J connectivity index is 2.01. The first kappa shape index (κ1) is 12.5. The van der Waals surface area contributed by atoms with E-state index in [1.165, 1.54) is 6.07 Å². The van der Waals surface area contributed by atoms with Crippen molar-refractivity contribution in [1.29, 1.82) is 0 Å². The predicted molar refractivity (Wildman–Crippen MR) is 68.3 cm³/mol. The number of hydrogen-bond donors (Lipinski definition) is 0. The minimum absolute atomic E-state index is 0.0304. The zero-order chi connectivity index (χ0) is 14.3. The summed E-state index contributed by atoms with van der Waals surface area (Å²) < 4.78 is 26.8. The first-order valence-electron chi connectivity index (χ1n) is 5.97. The number of fused-ring (bicyclic) bond motifs is 1. The zero-order valence-corrected chi connectivity index (χ0v) is 10.3. The number of carbonyl (C=O) groups is 2. The Morgan fingerprint density at radius 1 is 1.00 bits per heavy atom. The molecule has 0 atom stereocenters. The number of halogens is 2. The molecule has 3 nitrogen and oxygen atoms in total. The highest BCUT2D eigenvalue weighted by atomic mass is 19.1. The molecule has 0 bridgehead atoms. The summed E-state index contributed by atoms with van der Waals surface area (Å²) in [6.07, 6.45) is 0. The molecule has 1 amide bonds. The standard InChI is InChI=1S/C15H9F2NO2/c16-10-5-6-12(17)9(7-10)8-18-13-4-2-1-3-11(13)14(19)15(18)20/h1-7H,8H2. The van der Waals surface area contributed by atoms with Crippen LogP contribution in [0.2, 0.25) is 0 Å². The van der Waals surface area contributed by atoms with Crippen LogP contribution in [0.4, 0.5) is 14.5 Å². The molecule has 1 heterocycles. The van der Waals surface area contributed by atoms with Crippen molar-refractivity contribution in [2.75, 3.05) is 4.90 Å². The third-order valence-corrected chi connectivity index (χ3v) is 3.22. The van der Waals surface area contributed by atoms with E-state index in [0.717, 1.165) is 23.1 Å². The maximum absolute atomic E-state index is 13.6. The fourth-order valence-electron chi connectivity index (χ4n) is 2.24. The van der Waals surface area contributed by atoms with Crippen molar-refractivity contribution in [3.63, 3.8) is 0 Å². The second-order valence-corrected chi connectivity index (χ2v) is 4.47. The second-order valence-electron chi connectivity index (χ2n) is 4.47. The molecular formula is C15H9F2NO2. The van der Waals surface area contributed by atoms with Crippen molar-refractivity contribution < 1.29 is 18.4 Å². The average Bonchev–Trinajstić information content (AvgIpc) is 2.68. The van der Waals surface area contributed by atoms with E-state index in [0.29, 0.717) is 5.69 Å². The minimum Gasteiger partial charge on any atom is -0.300 e. The van der Waals surface area contributed by atoms with Crippen LogP contribution in [0.25, 0.3) is 0 Å². The molecule has 5 heteroatoms. The molecule has 1 aliphatic heterocycles. The van der Waals surface area contributed by atoms with E-state index in [-0.39, 0.29) is 17.7 Å². The van der Waals surface area contributed by atoms with Gasteiger partial charge in [0.2, 0.25) is 0 Å². The molecular weight excluding hydrogens is 264 g/mol. The molecule has 0 fully saturated rings. The SMILES string of the molecule is O=C1C(=O)N(Cc2cc(F)ccc2F)c2ccccc21. The number of carbonyl (C=O) groups excluding carboxylic acids is 2. The molecule has 0 unspecified atom stereocenters. The van der Waals surface area contributed by atoms with Gasteiger partial charge in [0.05, 0.1) is 17.8 Å². The molecule has 0 saturated heterocycles. The molecule has 20 heavy (non-hydrogen) atoms. The van der Waals surface area contributed by atoms with Gasteiger partial charge in [-0.1, -0.05) is 12.1 Å². The molecule has 2 aromatic rings. The van der Waals surface area contributed by atoms with Gasteiger partial charge >= 0.3 is 0 Å². The number of rotatable bonds is 2. The van der Waals surface area contributed by atoms with E-state index in [4.69, 9.17) is 0 Å². The fourth-order valence-corrected chi connectivity index (χ4v) is 2.24. The minimum atomic E-state index is -0.727. The number of ketones is 1. The van der Waals surface area contributed by atoms with Crippen LogP contribution in [0.3, 0.4) is 0 Å². The molecule has 1 aliphatic rings. The smallest absolute Gasteiger partial charge is 0.299 e. The summed E-state index contributed by atoms with van der Waals surface area (Å²) in [6, 6.07) is 9.50. The first-order chi connectivity index (χ1) is 9.58. The molecule has 0 aliphatic carbocycles. The van der Waals surface area contributed by atoms with E-state index < -0.39 is 23.3 Å². The maximum atomic E-state index is 13.6. The summed E-state index contributed by atoms with van der Waals surface area (Å²) in [7, 11) is 0. The Kier molecular flexibility index (Phi) is 2.82. The highest BCUT2D eigenvalue weighted by Gasteiger charge is 2.35. The largest absolute Gasteiger partial charge is 0.300 e. The van der Waals surface area contributed by atoms with Crippen LogP contribution in [-0.4, -0.2) is 11.7 Å². The number of nitrogens with zero attached hydrogens (tertiary/aromatic N) is 1. The van der Waals surface area contributed by atoms with Gasteiger partial charge in [-0.05, 0) is 30.3 Å². The number of Topliss-reactive ketones (excluding diaryl/α,β-unsaturated/α-hetero) is 1. The van der Waals surface area contributed by atoms with E-state index in [1.54, 1.807) is 18.2 Å². The summed E-state index contributed by atoms with van der Waals surface area (Å²) in [5, 5.41) is 0. The Hall–Kier alpha value is -2.56. The van der Waals surface area contributed by atoms with Gasteiger partial charge < -0.3 is 4.90 Å². The first-order valence-corrected chi connectivity index (χ1v) is 5.97. The Morgan fingerprint density at radius 2 is 1.75 bits per heavy atom. The van der Waals surface area contributed by atoms with E-state index >= 15 is 0 Å². The Labute approximate surface area is 113 Å². The average molecular weight is 273 g/mol. The van der Waals surface area contributed by atoms with E-state index in [9.17, 15) is 18.4 Å². The van der Waals surface area contributed by atoms with Gasteiger partial charge in [-0.15, -0.1) is 0 Å². The van der Waals surface area contributed by atoms with Crippen LogP contribution < -0.4 is 4.90 Å². The number of benzene rings is 2. The molecule has 0 N–H and O–H groups in total. The second kappa shape index (κ2) is 4.52. The Bertz CT molecular complexity index is 728. The van der Waals surface area contributed by atoms with Crippen LogP contribution in [0.5, 0.6) is 0 Å². The van der Waals surface area contributed by atoms with Gasteiger partial charge in [-0.25, -0.2) is 8.78 Å². The van der Waals surface area contributed by atoms with Gasteiger partial charge in [-0.2, -0.15) is 0 Å². The summed E-state index contributed by atoms with van der Waals surface area (Å²) in [5.41, 5.74) is 0.739. The third kappa shape index (κ3) is 1.87. The van der Waals surface area contributed by atoms with Gasteiger partial charge in [0.25, 0.3) is 11.7 Å². The van der Waals surface area contributed by atoms with Crippen LogP contribution in [-0.2, 0) is 11.3 Å². The molecule has 0 saturated carbocycles. The normalized spacial score (nSPS) is 13.8. The number of amides is 1. The lowest BCUT2D eigenvalue weighted by Gasteiger charge is -2.16. The summed E-state index contributed by atoms with van der Waals surface area (Å²) in [5.74, 6) is -2.56. The fraction of sp³-hybridized carbons (Fsp3) is 0.0667. The highest BCUT2D eigenvalue weighted by Crippen LogP contribution is 2.30. The number of hydrogen-bond acceptors (Lipinski definition) is 2. The van der Waals surface area contributed by atoms with Crippen molar-refractivity contribution in [2.24, 2.45) is 0 Å². The highest BCUT2D eigenvalue weighted by molar-refractivity contribution is 6.52. The van der Waals surface area contributed by atoms with E-state index in [1.807, 2.05) is 0 Å². The summed E-state index contributed by atoms with van der Waals surface area (Å²) in [4.78, 5) is 24.9. The van der Waals surface area contributed by atoms with Crippen molar-refractivity contribution in [1.82, 2.24) is 0 Å². The van der Waals surface area contributed by atoms with Gasteiger partial charge in [0.1, 0.15) is 11.6 Å². The molecule has 3 rings (SSSR count). The number of para-hydroxylation sites is 1. The van der Waals surface area contributed by atoms with Crippen molar-refractivity contribution in [3.8, 4) is 0 Å². The van der Waals surface area contributed by atoms with Crippen LogP contribution in [0, 0.1) is 11.6 Å². The lowest BCUT2D eigenvalue weighted by atomic mass is 10.1. The topological polar surface area (TPSA) is 37.4 Å². The van der Waals surface area contributed by atoms with Crippen molar-refractivity contribution >= 4 is 17.4 Å². The monoisotopic (exact) mass is 273 g/mol. The Morgan fingerprint density at radius 3 is 2.55 bits per heavy atom. The van der Waals surface area contributed by atoms with Crippen molar-refractivity contribution in [2.45, 2.75) is 6.54 Å². The lowest BCUT2D eigenvalue weighted by molar-refractivity contribution is -0.114. The van der Waals surface area contributed by atoms with Gasteiger partial charge in [-0.3, -0.25) is 9.59 Å². The van der Waals surface area contributed by atoms with Crippen molar-refractivity contribution in [3.05, 3.63) is 65.2 Å². The lowest BCUT2D eigenvalue weighted by Crippen LogP contribution is -2.29. The zero-order valence-electron chi connectivity index (χ0n) is 10.3. The summed E-state index contributed by atoms with van der Waals surface area (Å²) in [6.45, 7) is -0.175. The van der Waals surface area contributed by atoms with Crippen LogP contribution >= 0.6 is 0 Å².